The molecule has 2 aliphatic heterocycles. The molecule has 0 saturated heterocycles. The summed E-state index contributed by atoms with van der Waals surface area (Å²) in [6, 6.07) is 0.177. The zero-order valence-electron chi connectivity index (χ0n) is 16.7. The summed E-state index contributed by atoms with van der Waals surface area (Å²) in [5, 5.41) is 1.11. The lowest BCUT2D eigenvalue weighted by Gasteiger charge is -2.18. The van der Waals surface area contributed by atoms with Crippen LogP contribution in [0, 0.1) is 0 Å². The molecule has 2 heterocycles. The van der Waals surface area contributed by atoms with Gasteiger partial charge < -0.3 is 4.74 Å². The highest BCUT2D eigenvalue weighted by Crippen LogP contribution is 2.22. The van der Waals surface area contributed by atoms with Crippen molar-refractivity contribution < 1.29 is 14.3 Å². The van der Waals surface area contributed by atoms with E-state index in [1.807, 2.05) is 13.8 Å². The van der Waals surface area contributed by atoms with Gasteiger partial charge in [-0.15, -0.1) is 11.8 Å². The molecular weight excluding hydrogens is 358 g/mol. The van der Waals surface area contributed by atoms with Crippen molar-refractivity contribution in [3.8, 4) is 0 Å². The Labute approximate surface area is 167 Å². The molecule has 2 aliphatic rings. The number of cyclic esters (lactones) is 1. The van der Waals surface area contributed by atoms with Crippen LogP contribution in [0.2, 0.25) is 0 Å². The van der Waals surface area contributed by atoms with Crippen LogP contribution in [0.15, 0.2) is 28.8 Å². The van der Waals surface area contributed by atoms with E-state index in [1.54, 1.807) is 11.8 Å². The van der Waals surface area contributed by atoms with E-state index in [9.17, 15) is 9.59 Å². The maximum Gasteiger partial charge on any atom is 0.306 e. The number of carbonyl (C=O) groups excluding carboxylic acids is 2. The van der Waals surface area contributed by atoms with Crippen molar-refractivity contribution in [2.45, 2.75) is 90.2 Å². The monoisotopic (exact) mass is 391 g/mol. The smallest absolute Gasteiger partial charge is 0.306 e. The van der Waals surface area contributed by atoms with E-state index in [1.165, 1.54) is 6.42 Å². The number of aliphatic imine (C=N–C) groups is 1. The lowest BCUT2D eigenvalue weighted by Crippen LogP contribution is -2.20. The highest BCUT2D eigenvalue weighted by molar-refractivity contribution is 8.14. The Balaban J connectivity index is 1.99. The summed E-state index contributed by atoms with van der Waals surface area (Å²) in [6.07, 6.45) is 14.4. The number of ether oxygens (including phenoxy) is 1. The van der Waals surface area contributed by atoms with Crippen LogP contribution in [0.25, 0.3) is 0 Å². The topological polar surface area (TPSA) is 55.7 Å². The average molecular weight is 392 g/mol. The van der Waals surface area contributed by atoms with Gasteiger partial charge in [-0.1, -0.05) is 31.1 Å². The first-order valence-electron chi connectivity index (χ1n) is 10.3. The van der Waals surface area contributed by atoms with Gasteiger partial charge in [0.15, 0.2) is 0 Å². The fourth-order valence-electron chi connectivity index (χ4n) is 3.39. The van der Waals surface area contributed by atoms with E-state index in [4.69, 9.17) is 4.74 Å². The molecule has 0 aromatic rings. The van der Waals surface area contributed by atoms with Gasteiger partial charge in [0.1, 0.15) is 11.9 Å². The normalized spacial score (nSPS) is 28.5. The Morgan fingerprint density at radius 2 is 1.89 bits per heavy atom. The number of carbonyl (C=O) groups is 2. The molecule has 27 heavy (non-hydrogen) atoms. The maximum atomic E-state index is 12.3. The fraction of sp³-hybridized carbons (Fsp3) is 0.682. The number of hydrogen-bond donors (Lipinski definition) is 0. The molecule has 5 heteroatoms. The molecule has 0 radical (unpaired) electrons. The summed E-state index contributed by atoms with van der Waals surface area (Å²) >= 11 is 1.77. The van der Waals surface area contributed by atoms with E-state index in [-0.39, 0.29) is 23.9 Å². The molecule has 0 spiro atoms. The summed E-state index contributed by atoms with van der Waals surface area (Å²) in [4.78, 5) is 28.8. The van der Waals surface area contributed by atoms with Gasteiger partial charge in [0.05, 0.1) is 11.1 Å². The zero-order valence-corrected chi connectivity index (χ0v) is 17.6. The molecule has 0 N–H and O–H groups in total. The molecule has 0 aromatic carbocycles. The van der Waals surface area contributed by atoms with Crippen molar-refractivity contribution in [3.63, 3.8) is 0 Å². The Morgan fingerprint density at radius 3 is 2.67 bits per heavy atom. The Hall–Kier alpha value is -1.36. The van der Waals surface area contributed by atoms with Gasteiger partial charge in [0.25, 0.3) is 0 Å². The Morgan fingerprint density at radius 1 is 1.11 bits per heavy atom. The van der Waals surface area contributed by atoms with Gasteiger partial charge in [-0.05, 0) is 45.1 Å². The summed E-state index contributed by atoms with van der Waals surface area (Å²) in [5.74, 6) is 1.03. The number of ketones is 1. The minimum Gasteiger partial charge on any atom is -0.458 e. The molecule has 2 unspecified atom stereocenters. The molecule has 0 amide bonds. The third kappa shape index (κ3) is 8.91. The molecule has 0 fully saturated rings. The Bertz CT molecular complexity index is 594. The molecule has 150 valence electrons. The van der Waals surface area contributed by atoms with Crippen molar-refractivity contribution >= 4 is 28.6 Å². The van der Waals surface area contributed by atoms with E-state index in [0.717, 1.165) is 42.1 Å². The molecule has 0 bridgehead atoms. The van der Waals surface area contributed by atoms with Crippen LogP contribution in [0.3, 0.4) is 0 Å². The van der Waals surface area contributed by atoms with Crippen LogP contribution in [0.5, 0.6) is 0 Å². The molecule has 0 aromatic heterocycles. The van der Waals surface area contributed by atoms with Crippen molar-refractivity contribution in [1.82, 2.24) is 0 Å². The van der Waals surface area contributed by atoms with Gasteiger partial charge in [0.2, 0.25) is 0 Å². The van der Waals surface area contributed by atoms with Gasteiger partial charge >= 0.3 is 5.97 Å². The average Bonchev–Trinajstić information content (AvgIpc) is 3.03. The zero-order chi connectivity index (χ0) is 19.5. The minimum atomic E-state index is -0.238. The van der Waals surface area contributed by atoms with Crippen LogP contribution >= 0.6 is 11.8 Å². The van der Waals surface area contributed by atoms with Crippen LogP contribution in [0.4, 0.5) is 0 Å². The second kappa shape index (κ2) is 12.2. The summed E-state index contributed by atoms with van der Waals surface area (Å²) in [5.41, 5.74) is 1.06. The predicted octanol–water partition coefficient (Wildman–Crippen LogP) is 5.42. The van der Waals surface area contributed by atoms with E-state index >= 15 is 0 Å². The summed E-state index contributed by atoms with van der Waals surface area (Å²) in [7, 11) is 0. The van der Waals surface area contributed by atoms with E-state index in [2.05, 4.69) is 23.2 Å². The third-order valence-electron chi connectivity index (χ3n) is 4.98. The first-order valence-corrected chi connectivity index (χ1v) is 11.2. The molecule has 0 saturated carbocycles. The summed E-state index contributed by atoms with van der Waals surface area (Å²) in [6.45, 7) is 4.06. The van der Waals surface area contributed by atoms with Gasteiger partial charge in [-0.3, -0.25) is 14.6 Å². The lowest BCUT2D eigenvalue weighted by molar-refractivity contribution is -0.147. The number of rotatable bonds is 2. The maximum absolute atomic E-state index is 12.3. The van der Waals surface area contributed by atoms with Crippen molar-refractivity contribution in [1.29, 1.82) is 0 Å². The number of nitrogens with zero attached hydrogens (tertiary/aromatic N) is 1. The second-order valence-corrected chi connectivity index (χ2v) is 8.68. The minimum absolute atomic E-state index is 0.177. The number of Topliss-reactive ketones (excluding diaryl/α,β-unsaturated/α-hetero) is 1. The standard InChI is InChI=1S/C22H33NO3S/c1-17(15-19-16-27-18(2)23-19)21-13-9-7-5-3-4-6-8-11-20(24)12-10-14-22(25)26-21/h7,9,15,19,21H,3-6,8,10-14,16H2,1-2H3/b9-7-,17-15+. The first-order chi connectivity index (χ1) is 13.0. The van der Waals surface area contributed by atoms with Crippen LogP contribution in [0.1, 0.15) is 78.1 Å². The Kier molecular flexibility index (Phi) is 9.89. The largest absolute Gasteiger partial charge is 0.458 e. The SMILES string of the molecule is CC1=NC(/C=C(\C)C2C/C=C\CCCCCCC(=O)CCCC(=O)O2)CS1. The number of hydrogen-bond acceptors (Lipinski definition) is 5. The number of thioether (sulfide) groups is 1. The van der Waals surface area contributed by atoms with Crippen molar-refractivity contribution in [2.24, 2.45) is 4.99 Å². The molecule has 2 rings (SSSR count). The van der Waals surface area contributed by atoms with Gasteiger partial charge in [0, 0.05) is 31.4 Å². The quantitative estimate of drug-likeness (QED) is 0.466. The molecule has 4 nitrogen and oxygen atoms in total. The highest BCUT2D eigenvalue weighted by Gasteiger charge is 2.19. The number of esters is 1. The molecule has 0 aliphatic carbocycles. The highest BCUT2D eigenvalue weighted by atomic mass is 32.2. The van der Waals surface area contributed by atoms with E-state index in [0.29, 0.717) is 32.1 Å². The summed E-state index contributed by atoms with van der Waals surface area (Å²) < 4.78 is 5.76. The van der Waals surface area contributed by atoms with Gasteiger partial charge in [-0.25, -0.2) is 0 Å². The number of allylic oxidation sites excluding steroid dienone is 1. The fourth-order valence-corrected chi connectivity index (χ4v) is 4.18. The van der Waals surface area contributed by atoms with Crippen molar-refractivity contribution in [3.05, 3.63) is 23.8 Å². The third-order valence-corrected chi connectivity index (χ3v) is 6.01. The van der Waals surface area contributed by atoms with E-state index < -0.39 is 0 Å². The predicted molar refractivity (Wildman–Crippen MR) is 113 cm³/mol. The lowest BCUT2D eigenvalue weighted by atomic mass is 10.0. The second-order valence-electron chi connectivity index (χ2n) is 7.47. The van der Waals surface area contributed by atoms with Crippen LogP contribution < -0.4 is 0 Å². The first kappa shape index (κ1) is 21.9. The van der Waals surface area contributed by atoms with Crippen LogP contribution in [-0.2, 0) is 14.3 Å². The molecule has 2 atom stereocenters. The van der Waals surface area contributed by atoms with Crippen molar-refractivity contribution in [2.75, 3.05) is 5.75 Å². The van der Waals surface area contributed by atoms with Crippen LogP contribution in [-0.4, -0.2) is 34.7 Å². The molecular formula is C22H33NO3S. The van der Waals surface area contributed by atoms with Gasteiger partial charge in [-0.2, -0.15) is 0 Å².